The van der Waals surface area contributed by atoms with Gasteiger partial charge in [-0.2, -0.15) is 0 Å². The summed E-state index contributed by atoms with van der Waals surface area (Å²) in [6.45, 7) is 10.8. The van der Waals surface area contributed by atoms with Crippen molar-refractivity contribution >= 4 is 0 Å². The van der Waals surface area contributed by atoms with Crippen LogP contribution in [0, 0.1) is 11.3 Å². The van der Waals surface area contributed by atoms with Crippen molar-refractivity contribution in [3.05, 3.63) is 0 Å². The van der Waals surface area contributed by atoms with Crippen molar-refractivity contribution in [3.8, 4) is 0 Å². The van der Waals surface area contributed by atoms with Crippen molar-refractivity contribution in [2.45, 2.75) is 65.0 Å². The molecule has 3 heteroatoms. The first kappa shape index (κ1) is 15.3. The molecule has 0 aromatic rings. The molecule has 0 aromatic heterocycles. The van der Waals surface area contributed by atoms with Crippen molar-refractivity contribution in [1.82, 2.24) is 10.2 Å². The maximum atomic E-state index is 9.50. The van der Waals surface area contributed by atoms with Gasteiger partial charge in [-0.25, -0.2) is 0 Å². The lowest BCUT2D eigenvalue weighted by molar-refractivity contribution is 0.174. The fraction of sp³-hybridized carbons (Fsp3) is 1.00. The maximum Gasteiger partial charge on any atom is 0.0597 e. The van der Waals surface area contributed by atoms with Crippen LogP contribution in [-0.2, 0) is 0 Å². The van der Waals surface area contributed by atoms with Gasteiger partial charge in [-0.1, -0.05) is 20.8 Å². The molecule has 3 nitrogen and oxygen atoms in total. The first-order valence-corrected chi connectivity index (χ1v) is 8.08. The number of nitrogens with one attached hydrogen (secondary N) is 1. The molecule has 0 aromatic carbocycles. The summed E-state index contributed by atoms with van der Waals surface area (Å²) in [4.78, 5) is 2.56. The second kappa shape index (κ2) is 6.55. The van der Waals surface area contributed by atoms with Gasteiger partial charge in [0, 0.05) is 18.6 Å². The minimum atomic E-state index is 0.274. The van der Waals surface area contributed by atoms with Crippen LogP contribution in [0.15, 0.2) is 0 Å². The van der Waals surface area contributed by atoms with E-state index in [1.807, 2.05) is 0 Å². The minimum absolute atomic E-state index is 0.274. The summed E-state index contributed by atoms with van der Waals surface area (Å²) in [6.07, 6.45) is 6.57. The molecule has 0 radical (unpaired) electrons. The summed E-state index contributed by atoms with van der Waals surface area (Å²) in [5, 5.41) is 13.1. The quantitative estimate of drug-likeness (QED) is 0.803. The highest BCUT2D eigenvalue weighted by Gasteiger charge is 2.29. The van der Waals surface area contributed by atoms with E-state index < -0.39 is 0 Å². The Balaban J connectivity index is 1.77. The Morgan fingerprint density at radius 2 is 1.89 bits per heavy atom. The Labute approximate surface area is 118 Å². The standard InChI is InChI=1S/C16H32N2O/c1-16(2,3)13-5-4-9-18(10-8-13)11-15(12-19)17-14-6-7-14/h13-15,17,19H,4-12H2,1-3H3. The molecule has 19 heavy (non-hydrogen) atoms. The van der Waals surface area contributed by atoms with Crippen LogP contribution in [0.2, 0.25) is 0 Å². The monoisotopic (exact) mass is 268 g/mol. The van der Waals surface area contributed by atoms with Gasteiger partial charge in [0.25, 0.3) is 0 Å². The Kier molecular flexibility index (Phi) is 5.27. The van der Waals surface area contributed by atoms with E-state index in [-0.39, 0.29) is 12.6 Å². The zero-order chi connectivity index (χ0) is 13.9. The van der Waals surface area contributed by atoms with Crippen LogP contribution in [-0.4, -0.2) is 48.3 Å². The van der Waals surface area contributed by atoms with Gasteiger partial charge in [0.05, 0.1) is 6.61 Å². The van der Waals surface area contributed by atoms with Gasteiger partial charge in [-0.15, -0.1) is 0 Å². The minimum Gasteiger partial charge on any atom is -0.395 e. The van der Waals surface area contributed by atoms with Crippen LogP contribution in [0.25, 0.3) is 0 Å². The highest BCUT2D eigenvalue weighted by molar-refractivity contribution is 4.87. The number of rotatable bonds is 5. The molecule has 2 fully saturated rings. The molecule has 1 aliphatic carbocycles. The van der Waals surface area contributed by atoms with Gasteiger partial charge in [0.15, 0.2) is 0 Å². The topological polar surface area (TPSA) is 35.5 Å². The van der Waals surface area contributed by atoms with E-state index in [1.165, 1.54) is 45.2 Å². The molecule has 0 spiro atoms. The summed E-state index contributed by atoms with van der Waals surface area (Å²) >= 11 is 0. The average molecular weight is 268 g/mol. The van der Waals surface area contributed by atoms with E-state index in [2.05, 4.69) is 31.0 Å². The zero-order valence-corrected chi connectivity index (χ0v) is 13.0. The molecule has 2 atom stereocenters. The molecule has 1 saturated heterocycles. The number of aliphatic hydroxyl groups is 1. The second-order valence-corrected chi connectivity index (χ2v) is 7.61. The van der Waals surface area contributed by atoms with E-state index >= 15 is 0 Å². The van der Waals surface area contributed by atoms with Crippen LogP contribution in [0.1, 0.15) is 52.9 Å². The number of hydrogen-bond acceptors (Lipinski definition) is 3. The maximum absolute atomic E-state index is 9.50. The SMILES string of the molecule is CC(C)(C)C1CCCN(CC(CO)NC2CC2)CC1. The second-order valence-electron chi connectivity index (χ2n) is 7.61. The van der Waals surface area contributed by atoms with Crippen LogP contribution < -0.4 is 5.32 Å². The lowest BCUT2D eigenvalue weighted by atomic mass is 9.77. The summed E-state index contributed by atoms with van der Waals surface area (Å²) in [5.74, 6) is 0.849. The molecular weight excluding hydrogens is 236 g/mol. The average Bonchev–Trinajstić information content (AvgIpc) is 3.13. The normalized spacial score (nSPS) is 28.1. The van der Waals surface area contributed by atoms with Crippen molar-refractivity contribution in [2.75, 3.05) is 26.2 Å². The van der Waals surface area contributed by atoms with Gasteiger partial charge < -0.3 is 15.3 Å². The Morgan fingerprint density at radius 3 is 2.47 bits per heavy atom. The Morgan fingerprint density at radius 1 is 1.16 bits per heavy atom. The number of aliphatic hydroxyl groups excluding tert-OH is 1. The molecule has 2 aliphatic rings. The molecule has 1 aliphatic heterocycles. The summed E-state index contributed by atoms with van der Waals surface area (Å²) in [7, 11) is 0. The van der Waals surface area contributed by atoms with E-state index in [9.17, 15) is 5.11 Å². The molecule has 1 saturated carbocycles. The van der Waals surface area contributed by atoms with Gasteiger partial charge in [-0.05, 0) is 56.5 Å². The van der Waals surface area contributed by atoms with Gasteiger partial charge in [0.1, 0.15) is 0 Å². The van der Waals surface area contributed by atoms with Gasteiger partial charge in [-0.3, -0.25) is 0 Å². The van der Waals surface area contributed by atoms with Crippen LogP contribution in [0.4, 0.5) is 0 Å². The summed E-state index contributed by atoms with van der Waals surface area (Å²) in [5.41, 5.74) is 0.443. The molecule has 2 unspecified atom stereocenters. The van der Waals surface area contributed by atoms with Crippen LogP contribution >= 0.6 is 0 Å². The van der Waals surface area contributed by atoms with Gasteiger partial charge in [0.2, 0.25) is 0 Å². The number of hydrogen-bond donors (Lipinski definition) is 2. The fourth-order valence-corrected chi connectivity index (χ4v) is 3.26. The number of nitrogens with zero attached hydrogens (tertiary/aromatic N) is 1. The third-order valence-corrected chi connectivity index (χ3v) is 4.79. The highest BCUT2D eigenvalue weighted by atomic mass is 16.3. The molecule has 0 amide bonds. The van der Waals surface area contributed by atoms with Crippen molar-refractivity contribution in [3.63, 3.8) is 0 Å². The lowest BCUT2D eigenvalue weighted by Gasteiger charge is -2.30. The number of likely N-dealkylation sites (tertiary alicyclic amines) is 1. The summed E-state index contributed by atoms with van der Waals surface area (Å²) in [6, 6.07) is 0.963. The molecule has 2 rings (SSSR count). The lowest BCUT2D eigenvalue weighted by Crippen LogP contribution is -2.44. The van der Waals surface area contributed by atoms with E-state index in [0.717, 1.165) is 12.5 Å². The highest BCUT2D eigenvalue weighted by Crippen LogP contribution is 2.34. The van der Waals surface area contributed by atoms with E-state index in [1.54, 1.807) is 0 Å². The van der Waals surface area contributed by atoms with E-state index in [0.29, 0.717) is 11.5 Å². The smallest absolute Gasteiger partial charge is 0.0597 e. The fourth-order valence-electron chi connectivity index (χ4n) is 3.26. The largest absolute Gasteiger partial charge is 0.395 e. The van der Waals surface area contributed by atoms with Crippen LogP contribution in [0.5, 0.6) is 0 Å². The Bertz CT molecular complexity index is 270. The third-order valence-electron chi connectivity index (χ3n) is 4.79. The predicted molar refractivity (Wildman–Crippen MR) is 80.3 cm³/mol. The molecule has 2 N–H and O–H groups in total. The van der Waals surface area contributed by atoms with Crippen molar-refractivity contribution in [2.24, 2.45) is 11.3 Å². The summed E-state index contributed by atoms with van der Waals surface area (Å²) < 4.78 is 0. The van der Waals surface area contributed by atoms with Gasteiger partial charge >= 0.3 is 0 Å². The third kappa shape index (κ3) is 5.05. The molecular formula is C16H32N2O. The predicted octanol–water partition coefficient (Wildman–Crippen LogP) is 2.25. The van der Waals surface area contributed by atoms with Crippen molar-refractivity contribution in [1.29, 1.82) is 0 Å². The van der Waals surface area contributed by atoms with Crippen molar-refractivity contribution < 1.29 is 5.11 Å². The molecule has 112 valence electrons. The van der Waals surface area contributed by atoms with Crippen LogP contribution in [0.3, 0.4) is 0 Å². The first-order valence-electron chi connectivity index (χ1n) is 8.08. The molecule has 0 bridgehead atoms. The first-order chi connectivity index (χ1) is 8.99. The molecule has 1 heterocycles. The van der Waals surface area contributed by atoms with E-state index in [4.69, 9.17) is 0 Å². The Hall–Kier alpha value is -0.120. The zero-order valence-electron chi connectivity index (χ0n) is 13.0.